The summed E-state index contributed by atoms with van der Waals surface area (Å²) in [7, 11) is 3.16. The molecular formula is C18H22F2N4O2. The van der Waals surface area contributed by atoms with Gasteiger partial charge in [0, 0.05) is 43.4 Å². The first kappa shape index (κ1) is 17.1. The van der Waals surface area contributed by atoms with Crippen molar-refractivity contribution in [1.82, 2.24) is 9.97 Å². The van der Waals surface area contributed by atoms with E-state index < -0.39 is 5.92 Å². The lowest BCUT2D eigenvalue weighted by Gasteiger charge is -2.32. The zero-order valence-electron chi connectivity index (χ0n) is 14.9. The third kappa shape index (κ3) is 3.32. The lowest BCUT2D eigenvalue weighted by molar-refractivity contribution is -0.0222. The van der Waals surface area contributed by atoms with Gasteiger partial charge in [0.1, 0.15) is 5.82 Å². The Bertz CT molecular complexity index is 816. The van der Waals surface area contributed by atoms with Gasteiger partial charge in [0.25, 0.3) is 5.92 Å². The van der Waals surface area contributed by atoms with E-state index in [0.29, 0.717) is 34.8 Å². The summed E-state index contributed by atoms with van der Waals surface area (Å²) in [4.78, 5) is 11.1. The summed E-state index contributed by atoms with van der Waals surface area (Å²) in [5.74, 6) is -0.229. The predicted octanol–water partition coefficient (Wildman–Crippen LogP) is 3.46. The van der Waals surface area contributed by atoms with E-state index in [-0.39, 0.29) is 25.9 Å². The second-order valence-corrected chi connectivity index (χ2v) is 6.86. The van der Waals surface area contributed by atoms with E-state index in [4.69, 9.17) is 9.47 Å². The van der Waals surface area contributed by atoms with Crippen molar-refractivity contribution < 1.29 is 18.3 Å². The van der Waals surface area contributed by atoms with E-state index in [1.165, 1.54) is 0 Å². The van der Waals surface area contributed by atoms with Gasteiger partial charge in [-0.15, -0.1) is 0 Å². The molecule has 0 bridgehead atoms. The van der Waals surface area contributed by atoms with E-state index in [1.54, 1.807) is 20.3 Å². The summed E-state index contributed by atoms with van der Waals surface area (Å²) in [6, 6.07) is 4.06. The largest absolute Gasteiger partial charge is 0.493 e. The fraction of sp³-hybridized carbons (Fsp3) is 0.556. The minimum absolute atomic E-state index is 0.175. The lowest BCUT2D eigenvalue weighted by Crippen LogP contribution is -2.40. The Morgan fingerprint density at radius 2 is 1.73 bits per heavy atom. The molecule has 140 valence electrons. The van der Waals surface area contributed by atoms with Crippen molar-refractivity contribution in [3.05, 3.63) is 12.1 Å². The van der Waals surface area contributed by atoms with Crippen LogP contribution in [0, 0.1) is 0 Å². The molecule has 1 aliphatic heterocycles. The van der Waals surface area contributed by atoms with Crippen molar-refractivity contribution in [2.75, 3.05) is 37.5 Å². The number of methoxy groups -OCH3 is 2. The molecule has 2 heterocycles. The van der Waals surface area contributed by atoms with Crippen LogP contribution in [-0.4, -0.2) is 49.2 Å². The summed E-state index contributed by atoms with van der Waals surface area (Å²) in [5, 5.41) is 4.26. The van der Waals surface area contributed by atoms with Gasteiger partial charge in [-0.25, -0.2) is 13.8 Å². The van der Waals surface area contributed by atoms with Crippen LogP contribution in [0.2, 0.25) is 0 Å². The van der Waals surface area contributed by atoms with E-state index in [2.05, 4.69) is 15.3 Å². The first-order chi connectivity index (χ1) is 12.5. The van der Waals surface area contributed by atoms with Crippen LogP contribution in [0.1, 0.15) is 25.7 Å². The summed E-state index contributed by atoms with van der Waals surface area (Å²) in [5.41, 5.74) is 0.702. The highest BCUT2D eigenvalue weighted by atomic mass is 19.3. The maximum absolute atomic E-state index is 13.5. The number of piperidine rings is 1. The number of hydrogen-bond acceptors (Lipinski definition) is 6. The number of hydrogen-bond donors (Lipinski definition) is 1. The van der Waals surface area contributed by atoms with E-state index in [9.17, 15) is 8.78 Å². The number of alkyl halides is 2. The Kier molecular flexibility index (Phi) is 4.20. The molecule has 1 N–H and O–H groups in total. The van der Waals surface area contributed by atoms with Crippen molar-refractivity contribution in [2.45, 2.75) is 37.6 Å². The molecule has 1 aromatic heterocycles. The van der Waals surface area contributed by atoms with Crippen molar-refractivity contribution in [3.8, 4) is 11.5 Å². The second kappa shape index (κ2) is 6.41. The molecule has 6 nitrogen and oxygen atoms in total. The number of nitrogens with one attached hydrogen (secondary N) is 1. The number of aromatic nitrogens is 2. The zero-order valence-corrected chi connectivity index (χ0v) is 14.9. The van der Waals surface area contributed by atoms with E-state index in [0.717, 1.165) is 18.2 Å². The van der Waals surface area contributed by atoms with Gasteiger partial charge < -0.3 is 19.7 Å². The van der Waals surface area contributed by atoms with Gasteiger partial charge in [-0.05, 0) is 18.9 Å². The fourth-order valence-electron chi connectivity index (χ4n) is 3.15. The molecule has 2 aliphatic rings. The molecule has 0 unspecified atom stereocenters. The minimum Gasteiger partial charge on any atom is -0.493 e. The highest BCUT2D eigenvalue weighted by Gasteiger charge is 2.35. The van der Waals surface area contributed by atoms with Crippen LogP contribution < -0.4 is 19.7 Å². The van der Waals surface area contributed by atoms with Crippen LogP contribution in [0.3, 0.4) is 0 Å². The third-order valence-electron chi connectivity index (χ3n) is 4.89. The van der Waals surface area contributed by atoms with Gasteiger partial charge in [-0.2, -0.15) is 4.98 Å². The summed E-state index contributed by atoms with van der Waals surface area (Å²) >= 11 is 0. The smallest absolute Gasteiger partial charge is 0.251 e. The molecule has 1 saturated heterocycles. The van der Waals surface area contributed by atoms with Crippen LogP contribution in [0.15, 0.2) is 12.1 Å². The number of anilines is 2. The average molecular weight is 364 g/mol. The van der Waals surface area contributed by atoms with Gasteiger partial charge >= 0.3 is 0 Å². The first-order valence-electron chi connectivity index (χ1n) is 8.82. The van der Waals surface area contributed by atoms with Crippen molar-refractivity contribution >= 4 is 22.7 Å². The van der Waals surface area contributed by atoms with Crippen LogP contribution in [0.25, 0.3) is 10.9 Å². The normalized spacial score (nSPS) is 19.5. The summed E-state index contributed by atoms with van der Waals surface area (Å²) in [6.07, 6.45) is 1.85. The fourth-order valence-corrected chi connectivity index (χ4v) is 3.15. The Labute approximate surface area is 150 Å². The quantitative estimate of drug-likeness (QED) is 0.877. The molecule has 8 heteroatoms. The molecular weight excluding hydrogens is 342 g/mol. The van der Waals surface area contributed by atoms with Gasteiger partial charge in [-0.1, -0.05) is 0 Å². The van der Waals surface area contributed by atoms with Crippen LogP contribution >= 0.6 is 0 Å². The van der Waals surface area contributed by atoms with Crippen molar-refractivity contribution in [3.63, 3.8) is 0 Å². The molecule has 2 aromatic rings. The number of rotatable bonds is 5. The number of fused-ring (bicyclic) bond motifs is 1. The maximum Gasteiger partial charge on any atom is 0.251 e. The Morgan fingerprint density at radius 3 is 2.35 bits per heavy atom. The minimum atomic E-state index is -2.60. The topological polar surface area (TPSA) is 59.5 Å². The summed E-state index contributed by atoms with van der Waals surface area (Å²) < 4.78 is 37.7. The second-order valence-electron chi connectivity index (χ2n) is 6.86. The van der Waals surface area contributed by atoms with Crippen LogP contribution in [0.5, 0.6) is 11.5 Å². The summed E-state index contributed by atoms with van der Waals surface area (Å²) in [6.45, 7) is 0.489. The van der Waals surface area contributed by atoms with Crippen LogP contribution in [-0.2, 0) is 0 Å². The van der Waals surface area contributed by atoms with E-state index >= 15 is 0 Å². The Hall–Kier alpha value is -2.38. The predicted molar refractivity (Wildman–Crippen MR) is 95.7 cm³/mol. The van der Waals surface area contributed by atoms with Gasteiger partial charge in [0.15, 0.2) is 11.5 Å². The molecule has 1 aliphatic carbocycles. The Morgan fingerprint density at radius 1 is 1.08 bits per heavy atom. The highest BCUT2D eigenvalue weighted by Crippen LogP contribution is 2.37. The van der Waals surface area contributed by atoms with Gasteiger partial charge in [-0.3, -0.25) is 0 Å². The maximum atomic E-state index is 13.5. The van der Waals surface area contributed by atoms with Crippen molar-refractivity contribution in [1.29, 1.82) is 0 Å². The van der Waals surface area contributed by atoms with Gasteiger partial charge in [0.2, 0.25) is 5.95 Å². The van der Waals surface area contributed by atoms with Crippen molar-refractivity contribution in [2.24, 2.45) is 0 Å². The SMILES string of the molecule is COc1cc2nc(N3CCC(F)(F)CC3)nc(NC3CC3)c2cc1OC. The first-order valence-corrected chi connectivity index (χ1v) is 8.82. The molecule has 1 aromatic carbocycles. The third-order valence-corrected chi connectivity index (χ3v) is 4.89. The molecule has 0 radical (unpaired) electrons. The number of nitrogens with zero attached hydrogens (tertiary/aromatic N) is 3. The lowest BCUT2D eigenvalue weighted by atomic mass is 10.1. The molecule has 1 saturated carbocycles. The van der Waals surface area contributed by atoms with E-state index in [1.807, 2.05) is 11.0 Å². The molecule has 0 amide bonds. The highest BCUT2D eigenvalue weighted by molar-refractivity contribution is 5.93. The number of ether oxygens (including phenoxy) is 2. The monoisotopic (exact) mass is 364 g/mol. The number of halogens is 2. The molecule has 0 spiro atoms. The molecule has 4 rings (SSSR count). The number of benzene rings is 1. The Balaban J connectivity index is 1.76. The molecule has 2 fully saturated rings. The average Bonchev–Trinajstić information content (AvgIpc) is 3.44. The molecule has 0 atom stereocenters. The standard InChI is InChI=1S/C18H22F2N4O2/c1-25-14-9-12-13(10-15(14)26-2)22-17(23-16(12)21-11-3-4-11)24-7-5-18(19,20)6-8-24/h9-11H,3-8H2,1-2H3,(H,21,22,23). The van der Waals surface area contributed by atoms with Gasteiger partial charge in [0.05, 0.1) is 19.7 Å². The molecule has 26 heavy (non-hydrogen) atoms. The zero-order chi connectivity index (χ0) is 18.3. The van der Waals surface area contributed by atoms with Crippen LogP contribution in [0.4, 0.5) is 20.5 Å².